The Balaban J connectivity index is 0.00000144. The van der Waals surface area contributed by atoms with Crippen LogP contribution >= 0.6 is 12.4 Å². The van der Waals surface area contributed by atoms with E-state index >= 15 is 0 Å². The number of halogens is 1. The summed E-state index contributed by atoms with van der Waals surface area (Å²) in [5.41, 5.74) is 6.87. The summed E-state index contributed by atoms with van der Waals surface area (Å²) in [6, 6.07) is 9.50. The summed E-state index contributed by atoms with van der Waals surface area (Å²) >= 11 is 0. The zero-order valence-corrected chi connectivity index (χ0v) is 10.6. The van der Waals surface area contributed by atoms with Crippen LogP contribution in [0, 0.1) is 5.92 Å². The van der Waals surface area contributed by atoms with Gasteiger partial charge in [-0.1, -0.05) is 49.3 Å². The van der Waals surface area contributed by atoms with E-state index in [1.807, 2.05) is 44.2 Å². The SMILES string of the molecule is CC(C)[C@@H](N)c1nc(-c2ccccc2)no1.Cl. The highest BCUT2D eigenvalue weighted by Gasteiger charge is 2.18. The number of rotatable bonds is 3. The minimum absolute atomic E-state index is 0. The first kappa shape index (κ1) is 13.7. The van der Waals surface area contributed by atoms with E-state index < -0.39 is 0 Å². The van der Waals surface area contributed by atoms with E-state index in [0.29, 0.717) is 11.7 Å². The van der Waals surface area contributed by atoms with Gasteiger partial charge in [0.25, 0.3) is 0 Å². The van der Waals surface area contributed by atoms with Crippen LogP contribution in [0.5, 0.6) is 0 Å². The van der Waals surface area contributed by atoms with Crippen LogP contribution in [-0.2, 0) is 0 Å². The molecule has 0 saturated heterocycles. The van der Waals surface area contributed by atoms with Gasteiger partial charge in [0.15, 0.2) is 0 Å². The highest BCUT2D eigenvalue weighted by atomic mass is 35.5. The molecule has 92 valence electrons. The predicted molar refractivity (Wildman–Crippen MR) is 68.7 cm³/mol. The van der Waals surface area contributed by atoms with E-state index in [4.69, 9.17) is 10.3 Å². The van der Waals surface area contributed by atoms with E-state index in [-0.39, 0.29) is 24.4 Å². The Bertz CT molecular complexity index is 456. The highest BCUT2D eigenvalue weighted by Crippen LogP contribution is 2.20. The molecular weight excluding hydrogens is 238 g/mol. The van der Waals surface area contributed by atoms with Gasteiger partial charge in [-0.05, 0) is 5.92 Å². The zero-order valence-electron chi connectivity index (χ0n) is 9.83. The summed E-state index contributed by atoms with van der Waals surface area (Å²) in [6.45, 7) is 4.05. The van der Waals surface area contributed by atoms with Crippen LogP contribution < -0.4 is 5.73 Å². The van der Waals surface area contributed by atoms with Crippen molar-refractivity contribution in [2.24, 2.45) is 11.7 Å². The summed E-state index contributed by atoms with van der Waals surface area (Å²) in [4.78, 5) is 4.30. The van der Waals surface area contributed by atoms with Crippen LogP contribution in [0.15, 0.2) is 34.9 Å². The second-order valence-corrected chi connectivity index (χ2v) is 4.09. The van der Waals surface area contributed by atoms with Gasteiger partial charge in [0, 0.05) is 5.56 Å². The molecule has 17 heavy (non-hydrogen) atoms. The van der Waals surface area contributed by atoms with Crippen LogP contribution in [0.3, 0.4) is 0 Å². The molecule has 1 atom stereocenters. The fourth-order valence-corrected chi connectivity index (χ4v) is 1.36. The van der Waals surface area contributed by atoms with Crippen molar-refractivity contribution in [3.05, 3.63) is 36.2 Å². The average molecular weight is 254 g/mol. The maximum Gasteiger partial charge on any atom is 0.244 e. The van der Waals surface area contributed by atoms with E-state index in [1.54, 1.807) is 0 Å². The largest absolute Gasteiger partial charge is 0.337 e. The van der Waals surface area contributed by atoms with Crippen molar-refractivity contribution in [2.45, 2.75) is 19.9 Å². The summed E-state index contributed by atoms with van der Waals surface area (Å²) < 4.78 is 5.16. The lowest BCUT2D eigenvalue weighted by Gasteiger charge is -2.09. The normalized spacial score (nSPS) is 12.2. The standard InChI is InChI=1S/C12H15N3O.ClH/c1-8(2)10(13)12-14-11(15-16-12)9-6-4-3-5-7-9;/h3-8,10H,13H2,1-2H3;1H/t10-;/m1./s1. The van der Waals surface area contributed by atoms with Gasteiger partial charge in [-0.3, -0.25) is 0 Å². The van der Waals surface area contributed by atoms with Crippen LogP contribution in [0.2, 0.25) is 0 Å². The van der Waals surface area contributed by atoms with Crippen molar-refractivity contribution in [1.82, 2.24) is 10.1 Å². The third-order valence-electron chi connectivity index (χ3n) is 2.48. The molecule has 1 aromatic carbocycles. The molecule has 0 spiro atoms. The molecule has 0 unspecified atom stereocenters. The topological polar surface area (TPSA) is 64.9 Å². The van der Waals surface area contributed by atoms with Gasteiger partial charge in [-0.2, -0.15) is 4.98 Å². The lowest BCUT2D eigenvalue weighted by molar-refractivity contribution is 0.325. The highest BCUT2D eigenvalue weighted by molar-refractivity contribution is 5.85. The number of benzene rings is 1. The molecule has 0 fully saturated rings. The number of aromatic nitrogens is 2. The third-order valence-corrected chi connectivity index (χ3v) is 2.48. The van der Waals surface area contributed by atoms with E-state index in [1.165, 1.54) is 0 Å². The van der Waals surface area contributed by atoms with Gasteiger partial charge in [-0.25, -0.2) is 0 Å². The molecule has 0 radical (unpaired) electrons. The first-order valence-corrected chi connectivity index (χ1v) is 5.33. The fourth-order valence-electron chi connectivity index (χ4n) is 1.36. The Hall–Kier alpha value is -1.39. The van der Waals surface area contributed by atoms with Crippen molar-refractivity contribution < 1.29 is 4.52 Å². The van der Waals surface area contributed by atoms with Gasteiger partial charge in [0.1, 0.15) is 0 Å². The van der Waals surface area contributed by atoms with Gasteiger partial charge in [0.05, 0.1) is 6.04 Å². The number of hydrogen-bond acceptors (Lipinski definition) is 4. The third kappa shape index (κ3) is 3.05. The van der Waals surface area contributed by atoms with Crippen LogP contribution in [-0.4, -0.2) is 10.1 Å². The molecule has 2 aromatic rings. The predicted octanol–water partition coefficient (Wildman–Crippen LogP) is 2.81. The molecule has 0 bridgehead atoms. The van der Waals surface area contributed by atoms with Crippen molar-refractivity contribution in [2.75, 3.05) is 0 Å². The molecular formula is C12H16ClN3O. The van der Waals surface area contributed by atoms with Crippen LogP contribution in [0.25, 0.3) is 11.4 Å². The Labute approximate surface area is 107 Å². The Morgan fingerprint density at radius 2 is 1.82 bits per heavy atom. The summed E-state index contributed by atoms with van der Waals surface area (Å²) in [6.07, 6.45) is 0. The molecule has 0 aliphatic heterocycles. The molecule has 4 nitrogen and oxygen atoms in total. The number of nitrogens with zero attached hydrogens (tertiary/aromatic N) is 2. The second-order valence-electron chi connectivity index (χ2n) is 4.09. The lowest BCUT2D eigenvalue weighted by Crippen LogP contribution is -2.16. The average Bonchev–Trinajstić information content (AvgIpc) is 2.78. The van der Waals surface area contributed by atoms with Crippen molar-refractivity contribution >= 4 is 12.4 Å². The minimum atomic E-state index is -0.204. The molecule has 1 aromatic heterocycles. The molecule has 2 rings (SSSR count). The van der Waals surface area contributed by atoms with Crippen molar-refractivity contribution in [3.63, 3.8) is 0 Å². The molecule has 0 saturated carbocycles. The summed E-state index contributed by atoms with van der Waals surface area (Å²) in [7, 11) is 0. The van der Waals surface area contributed by atoms with Crippen LogP contribution in [0.4, 0.5) is 0 Å². The molecule has 1 heterocycles. The summed E-state index contributed by atoms with van der Waals surface area (Å²) in [5, 5.41) is 3.92. The molecule has 2 N–H and O–H groups in total. The zero-order chi connectivity index (χ0) is 11.5. The summed E-state index contributed by atoms with van der Waals surface area (Å²) in [5.74, 6) is 1.37. The number of hydrogen-bond donors (Lipinski definition) is 1. The van der Waals surface area contributed by atoms with Gasteiger partial charge in [0.2, 0.25) is 11.7 Å². The van der Waals surface area contributed by atoms with Gasteiger partial charge in [-0.15, -0.1) is 12.4 Å². The Morgan fingerprint density at radius 3 is 2.41 bits per heavy atom. The van der Waals surface area contributed by atoms with Crippen molar-refractivity contribution in [3.8, 4) is 11.4 Å². The molecule has 0 aliphatic carbocycles. The molecule has 0 amide bonds. The van der Waals surface area contributed by atoms with Gasteiger partial charge >= 0.3 is 0 Å². The Morgan fingerprint density at radius 1 is 1.18 bits per heavy atom. The van der Waals surface area contributed by atoms with Crippen molar-refractivity contribution in [1.29, 1.82) is 0 Å². The monoisotopic (exact) mass is 253 g/mol. The van der Waals surface area contributed by atoms with E-state index in [0.717, 1.165) is 5.56 Å². The Kier molecular flexibility index (Phi) is 4.66. The smallest absolute Gasteiger partial charge is 0.244 e. The maximum absolute atomic E-state index is 5.93. The van der Waals surface area contributed by atoms with E-state index in [9.17, 15) is 0 Å². The van der Waals surface area contributed by atoms with E-state index in [2.05, 4.69) is 10.1 Å². The molecule has 5 heteroatoms. The fraction of sp³-hybridized carbons (Fsp3) is 0.333. The quantitative estimate of drug-likeness (QED) is 0.914. The molecule has 0 aliphatic rings. The maximum atomic E-state index is 5.93. The first-order chi connectivity index (χ1) is 7.68. The van der Waals surface area contributed by atoms with Gasteiger partial charge < -0.3 is 10.3 Å². The number of nitrogens with two attached hydrogens (primary N) is 1. The lowest BCUT2D eigenvalue weighted by atomic mass is 10.1. The van der Waals surface area contributed by atoms with Crippen LogP contribution in [0.1, 0.15) is 25.8 Å². The first-order valence-electron chi connectivity index (χ1n) is 5.33. The second kappa shape index (κ2) is 5.80. The minimum Gasteiger partial charge on any atom is -0.337 e.